The summed E-state index contributed by atoms with van der Waals surface area (Å²) in [5.41, 5.74) is 3.43. The summed E-state index contributed by atoms with van der Waals surface area (Å²) in [6.07, 6.45) is 1.82. The molecule has 0 saturated heterocycles. The van der Waals surface area contributed by atoms with E-state index in [9.17, 15) is 0 Å². The Kier molecular flexibility index (Phi) is 5.48. The van der Waals surface area contributed by atoms with E-state index in [1.807, 2.05) is 24.4 Å². The highest BCUT2D eigenvalue weighted by Crippen LogP contribution is 2.13. The minimum Gasteiger partial charge on any atom is -0.371 e. The van der Waals surface area contributed by atoms with Gasteiger partial charge in [-0.3, -0.25) is 4.98 Å². The SMILES string of the molecule is CC(C)(C)OCc1cccc(CNCc2ccccn2)c1. The highest BCUT2D eigenvalue weighted by molar-refractivity contribution is 5.23. The van der Waals surface area contributed by atoms with E-state index in [1.54, 1.807) is 0 Å². The van der Waals surface area contributed by atoms with Gasteiger partial charge in [0.1, 0.15) is 0 Å². The zero-order valence-electron chi connectivity index (χ0n) is 13.1. The molecule has 21 heavy (non-hydrogen) atoms. The van der Waals surface area contributed by atoms with Gasteiger partial charge in [-0.15, -0.1) is 0 Å². The molecule has 1 aromatic heterocycles. The van der Waals surface area contributed by atoms with Crippen LogP contribution in [-0.2, 0) is 24.4 Å². The average Bonchev–Trinajstić information content (AvgIpc) is 2.46. The number of nitrogens with one attached hydrogen (secondary N) is 1. The van der Waals surface area contributed by atoms with Crippen LogP contribution >= 0.6 is 0 Å². The van der Waals surface area contributed by atoms with Crippen LogP contribution in [0.4, 0.5) is 0 Å². The van der Waals surface area contributed by atoms with Crippen LogP contribution in [-0.4, -0.2) is 10.6 Å². The third kappa shape index (κ3) is 6.06. The molecule has 112 valence electrons. The third-order valence-electron chi connectivity index (χ3n) is 3.02. The lowest BCUT2D eigenvalue weighted by atomic mass is 10.1. The fraction of sp³-hybridized carbons (Fsp3) is 0.389. The summed E-state index contributed by atoms with van der Waals surface area (Å²) < 4.78 is 5.81. The van der Waals surface area contributed by atoms with E-state index in [-0.39, 0.29) is 5.60 Å². The van der Waals surface area contributed by atoms with Crippen LogP contribution in [0, 0.1) is 0 Å². The molecule has 0 saturated carbocycles. The lowest BCUT2D eigenvalue weighted by Crippen LogP contribution is -2.19. The number of hydrogen-bond donors (Lipinski definition) is 1. The molecule has 1 N–H and O–H groups in total. The monoisotopic (exact) mass is 284 g/mol. The Hall–Kier alpha value is -1.71. The fourth-order valence-electron chi connectivity index (χ4n) is 1.97. The average molecular weight is 284 g/mol. The van der Waals surface area contributed by atoms with Crippen LogP contribution in [0.15, 0.2) is 48.7 Å². The van der Waals surface area contributed by atoms with Gasteiger partial charge in [0, 0.05) is 19.3 Å². The molecule has 0 bridgehead atoms. The van der Waals surface area contributed by atoms with Gasteiger partial charge in [0.15, 0.2) is 0 Å². The summed E-state index contributed by atoms with van der Waals surface area (Å²) in [4.78, 5) is 4.30. The summed E-state index contributed by atoms with van der Waals surface area (Å²) in [6.45, 7) is 8.49. The topological polar surface area (TPSA) is 34.1 Å². The molecule has 3 nitrogen and oxygen atoms in total. The Morgan fingerprint density at radius 1 is 1.00 bits per heavy atom. The first-order chi connectivity index (χ1) is 10.0. The molecule has 2 rings (SSSR count). The molecular formula is C18H24N2O. The molecule has 0 atom stereocenters. The van der Waals surface area contributed by atoms with Crippen molar-refractivity contribution in [3.8, 4) is 0 Å². The van der Waals surface area contributed by atoms with Crippen molar-refractivity contribution in [3.05, 3.63) is 65.5 Å². The van der Waals surface area contributed by atoms with Gasteiger partial charge in [-0.2, -0.15) is 0 Å². The summed E-state index contributed by atoms with van der Waals surface area (Å²) >= 11 is 0. The zero-order chi connectivity index (χ0) is 15.1. The molecule has 1 heterocycles. The number of pyridine rings is 1. The summed E-state index contributed by atoms with van der Waals surface area (Å²) in [5.74, 6) is 0. The molecule has 0 spiro atoms. The van der Waals surface area contributed by atoms with Gasteiger partial charge >= 0.3 is 0 Å². The Morgan fingerprint density at radius 3 is 2.52 bits per heavy atom. The summed E-state index contributed by atoms with van der Waals surface area (Å²) in [6, 6.07) is 14.5. The molecular weight excluding hydrogens is 260 g/mol. The highest BCUT2D eigenvalue weighted by atomic mass is 16.5. The minimum absolute atomic E-state index is 0.104. The van der Waals surface area contributed by atoms with Crippen LogP contribution in [0.2, 0.25) is 0 Å². The Bertz CT molecular complexity index is 547. The molecule has 0 aliphatic carbocycles. The van der Waals surface area contributed by atoms with Gasteiger partial charge in [-0.25, -0.2) is 0 Å². The normalized spacial score (nSPS) is 11.6. The molecule has 0 radical (unpaired) electrons. The van der Waals surface area contributed by atoms with Crippen LogP contribution in [0.3, 0.4) is 0 Å². The molecule has 2 aromatic rings. The van der Waals surface area contributed by atoms with E-state index in [0.29, 0.717) is 6.61 Å². The number of nitrogens with zero attached hydrogens (tertiary/aromatic N) is 1. The zero-order valence-corrected chi connectivity index (χ0v) is 13.1. The van der Waals surface area contributed by atoms with Crippen molar-refractivity contribution in [3.63, 3.8) is 0 Å². The number of hydrogen-bond acceptors (Lipinski definition) is 3. The first kappa shape index (κ1) is 15.7. The van der Waals surface area contributed by atoms with Gasteiger partial charge in [0.05, 0.1) is 17.9 Å². The maximum atomic E-state index is 5.81. The van der Waals surface area contributed by atoms with Crippen molar-refractivity contribution in [1.29, 1.82) is 0 Å². The first-order valence-corrected chi connectivity index (χ1v) is 7.35. The van der Waals surface area contributed by atoms with Crippen molar-refractivity contribution in [2.24, 2.45) is 0 Å². The van der Waals surface area contributed by atoms with E-state index in [4.69, 9.17) is 4.74 Å². The van der Waals surface area contributed by atoms with Crippen molar-refractivity contribution >= 4 is 0 Å². The van der Waals surface area contributed by atoms with Crippen molar-refractivity contribution in [2.75, 3.05) is 0 Å². The number of benzene rings is 1. The summed E-state index contributed by atoms with van der Waals surface area (Å²) in [5, 5.41) is 3.41. The van der Waals surface area contributed by atoms with Gasteiger partial charge in [-0.05, 0) is 44.0 Å². The Morgan fingerprint density at radius 2 is 1.81 bits per heavy atom. The third-order valence-corrected chi connectivity index (χ3v) is 3.02. The quantitative estimate of drug-likeness (QED) is 0.878. The van der Waals surface area contributed by atoms with Gasteiger partial charge in [0.2, 0.25) is 0 Å². The maximum absolute atomic E-state index is 5.81. The smallest absolute Gasteiger partial charge is 0.0724 e. The van der Waals surface area contributed by atoms with Crippen LogP contribution in [0.5, 0.6) is 0 Å². The second kappa shape index (κ2) is 7.34. The Labute approximate surface area is 127 Å². The molecule has 0 fully saturated rings. The van der Waals surface area contributed by atoms with Crippen LogP contribution in [0.1, 0.15) is 37.6 Å². The highest BCUT2D eigenvalue weighted by Gasteiger charge is 2.10. The second-order valence-corrected chi connectivity index (χ2v) is 6.15. The van der Waals surface area contributed by atoms with Crippen LogP contribution < -0.4 is 5.32 Å². The van der Waals surface area contributed by atoms with E-state index < -0.39 is 0 Å². The Balaban J connectivity index is 1.83. The molecule has 0 amide bonds. The van der Waals surface area contributed by atoms with E-state index in [0.717, 1.165) is 18.8 Å². The predicted octanol–water partition coefficient (Wildman–Crippen LogP) is 3.69. The van der Waals surface area contributed by atoms with Gasteiger partial charge < -0.3 is 10.1 Å². The lowest BCUT2D eigenvalue weighted by Gasteiger charge is -2.19. The molecule has 1 aromatic carbocycles. The number of aromatic nitrogens is 1. The van der Waals surface area contributed by atoms with Gasteiger partial charge in [0.25, 0.3) is 0 Å². The van der Waals surface area contributed by atoms with E-state index in [1.165, 1.54) is 11.1 Å². The summed E-state index contributed by atoms with van der Waals surface area (Å²) in [7, 11) is 0. The molecule has 3 heteroatoms. The lowest BCUT2D eigenvalue weighted by molar-refractivity contribution is -0.0149. The minimum atomic E-state index is -0.104. The molecule has 0 aliphatic heterocycles. The first-order valence-electron chi connectivity index (χ1n) is 7.35. The van der Waals surface area contributed by atoms with Crippen molar-refractivity contribution < 1.29 is 4.74 Å². The second-order valence-electron chi connectivity index (χ2n) is 6.15. The molecule has 0 aliphatic rings. The molecule has 0 unspecified atom stereocenters. The maximum Gasteiger partial charge on any atom is 0.0724 e. The number of ether oxygens (including phenoxy) is 1. The largest absolute Gasteiger partial charge is 0.371 e. The fourth-order valence-corrected chi connectivity index (χ4v) is 1.97. The van der Waals surface area contributed by atoms with Crippen molar-refractivity contribution in [1.82, 2.24) is 10.3 Å². The predicted molar refractivity (Wildman–Crippen MR) is 85.8 cm³/mol. The van der Waals surface area contributed by atoms with Gasteiger partial charge in [-0.1, -0.05) is 30.3 Å². The number of rotatable bonds is 6. The van der Waals surface area contributed by atoms with E-state index in [2.05, 4.69) is 55.3 Å². The van der Waals surface area contributed by atoms with Crippen molar-refractivity contribution in [2.45, 2.75) is 46.1 Å². The van der Waals surface area contributed by atoms with Crippen LogP contribution in [0.25, 0.3) is 0 Å². The van der Waals surface area contributed by atoms with E-state index >= 15 is 0 Å². The standard InChI is InChI=1S/C18H24N2O/c1-18(2,3)21-14-16-8-6-7-15(11-16)12-19-13-17-9-4-5-10-20-17/h4-11,19H,12-14H2,1-3H3.